The van der Waals surface area contributed by atoms with E-state index >= 15 is 0 Å². The molecule has 3 rings (SSSR count). The summed E-state index contributed by atoms with van der Waals surface area (Å²) in [7, 11) is 1.99. The Labute approximate surface area is 134 Å². The molecule has 1 unspecified atom stereocenters. The highest BCUT2D eigenvalue weighted by atomic mass is 32.2. The van der Waals surface area contributed by atoms with Gasteiger partial charge in [-0.25, -0.2) is 9.98 Å². The quantitative estimate of drug-likeness (QED) is 0.632. The molecule has 0 amide bonds. The lowest BCUT2D eigenvalue weighted by Gasteiger charge is -2.21. The van der Waals surface area contributed by atoms with Gasteiger partial charge in [0, 0.05) is 19.0 Å². The fourth-order valence-corrected chi connectivity index (χ4v) is 3.13. The van der Waals surface area contributed by atoms with Crippen LogP contribution in [0.15, 0.2) is 64.7 Å². The minimum Gasteiger partial charge on any atom is -0.379 e. The minimum absolute atomic E-state index is 0.175. The van der Waals surface area contributed by atoms with E-state index in [1.54, 1.807) is 0 Å². The third-order valence-corrected chi connectivity index (χ3v) is 4.51. The molecule has 22 heavy (non-hydrogen) atoms. The number of para-hydroxylation sites is 1. The van der Waals surface area contributed by atoms with Crippen molar-refractivity contribution in [3.05, 3.63) is 60.2 Å². The van der Waals surface area contributed by atoms with Crippen molar-refractivity contribution < 1.29 is 4.74 Å². The van der Waals surface area contributed by atoms with E-state index in [-0.39, 0.29) is 5.25 Å². The molecule has 1 aliphatic rings. The van der Waals surface area contributed by atoms with Crippen LogP contribution in [-0.4, -0.2) is 34.6 Å². The Morgan fingerprint density at radius 3 is 2.73 bits per heavy atom. The summed E-state index contributed by atoms with van der Waals surface area (Å²) in [6.45, 7) is 1.47. The topological polar surface area (TPSA) is 38.9 Å². The van der Waals surface area contributed by atoms with E-state index in [0.29, 0.717) is 6.61 Å². The van der Waals surface area contributed by atoms with Gasteiger partial charge in [-0.15, -0.1) is 11.8 Å². The largest absolute Gasteiger partial charge is 0.379 e. The maximum absolute atomic E-state index is 5.60. The van der Waals surface area contributed by atoms with Gasteiger partial charge >= 0.3 is 0 Å². The molecule has 5 heteroatoms. The maximum Gasteiger partial charge on any atom is 0.146 e. The van der Waals surface area contributed by atoms with Gasteiger partial charge in [0.05, 0.1) is 24.2 Å². The molecular formula is C17H19N3OS. The van der Waals surface area contributed by atoms with Gasteiger partial charge in [-0.2, -0.15) is 0 Å². The summed E-state index contributed by atoms with van der Waals surface area (Å²) in [4.78, 5) is 9.54. The number of aryl methyl sites for hydroxylation is 1. The van der Waals surface area contributed by atoms with Crippen LogP contribution >= 0.6 is 11.8 Å². The van der Waals surface area contributed by atoms with Gasteiger partial charge in [0.25, 0.3) is 0 Å². The van der Waals surface area contributed by atoms with Crippen molar-refractivity contribution in [2.45, 2.75) is 5.25 Å². The molecule has 0 bridgehead atoms. The predicted molar refractivity (Wildman–Crippen MR) is 91.6 cm³/mol. The Hall–Kier alpha value is -1.85. The second kappa shape index (κ2) is 7.42. The van der Waals surface area contributed by atoms with Crippen molar-refractivity contribution in [2.75, 3.05) is 19.0 Å². The van der Waals surface area contributed by atoms with Gasteiger partial charge < -0.3 is 9.30 Å². The van der Waals surface area contributed by atoms with Gasteiger partial charge in [-0.1, -0.05) is 24.3 Å². The Morgan fingerprint density at radius 2 is 2.00 bits per heavy atom. The number of benzene rings is 1. The molecule has 0 radical (unpaired) electrons. The average Bonchev–Trinajstić information content (AvgIpc) is 2.58. The summed E-state index contributed by atoms with van der Waals surface area (Å²) in [6, 6.07) is 15.9. The average molecular weight is 313 g/mol. The smallest absolute Gasteiger partial charge is 0.146 e. The van der Waals surface area contributed by atoms with Crippen molar-refractivity contribution in [3.63, 3.8) is 0 Å². The zero-order valence-electron chi connectivity index (χ0n) is 12.6. The molecule has 0 saturated carbocycles. The van der Waals surface area contributed by atoms with Gasteiger partial charge in [0.1, 0.15) is 11.3 Å². The molecule has 0 spiro atoms. The molecule has 1 atom stereocenters. The number of nitrogens with zero attached hydrogens (tertiary/aromatic N) is 3. The fourth-order valence-electron chi connectivity index (χ4n) is 2.19. The van der Waals surface area contributed by atoms with Crippen LogP contribution in [0.5, 0.6) is 0 Å². The van der Waals surface area contributed by atoms with Crippen molar-refractivity contribution in [1.29, 1.82) is 0 Å². The van der Waals surface area contributed by atoms with Crippen molar-refractivity contribution in [1.82, 2.24) is 4.57 Å². The van der Waals surface area contributed by atoms with Crippen LogP contribution in [0.2, 0.25) is 0 Å². The van der Waals surface area contributed by atoms with Crippen LogP contribution < -0.4 is 5.49 Å². The van der Waals surface area contributed by atoms with Gasteiger partial charge in [-0.3, -0.25) is 0 Å². The monoisotopic (exact) mass is 313 g/mol. The number of hydrogen-bond donors (Lipinski definition) is 0. The van der Waals surface area contributed by atoms with Crippen LogP contribution in [0.3, 0.4) is 0 Å². The Morgan fingerprint density at radius 1 is 1.18 bits per heavy atom. The molecule has 0 N–H and O–H groups in total. The van der Waals surface area contributed by atoms with Crippen LogP contribution in [-0.2, 0) is 11.8 Å². The summed E-state index contributed by atoms with van der Waals surface area (Å²) < 4.78 is 7.60. The number of aliphatic imine (C=N–C) groups is 1. The first-order valence-corrected chi connectivity index (χ1v) is 8.37. The summed E-state index contributed by atoms with van der Waals surface area (Å²) in [5.41, 5.74) is 1.81. The van der Waals surface area contributed by atoms with E-state index in [2.05, 4.69) is 0 Å². The van der Waals surface area contributed by atoms with Crippen LogP contribution in [0, 0.1) is 0 Å². The molecule has 2 heterocycles. The molecule has 1 fully saturated rings. The summed E-state index contributed by atoms with van der Waals surface area (Å²) in [5.74, 6) is 1.80. The van der Waals surface area contributed by atoms with Crippen LogP contribution in [0.25, 0.3) is 0 Å². The molecule has 2 aromatic rings. The molecule has 4 nitrogen and oxygen atoms in total. The van der Waals surface area contributed by atoms with Gasteiger partial charge in [0.2, 0.25) is 0 Å². The molecule has 1 saturated heterocycles. The number of thioether (sulfide) groups is 1. The first kappa shape index (κ1) is 15.1. The predicted octanol–water partition coefficient (Wildman–Crippen LogP) is 2.79. The number of ether oxygens (including phenoxy) is 1. The van der Waals surface area contributed by atoms with Gasteiger partial charge in [0.15, 0.2) is 0 Å². The Kier molecular flexibility index (Phi) is 5.08. The van der Waals surface area contributed by atoms with Crippen LogP contribution in [0.4, 0.5) is 5.69 Å². The SMILES string of the molecule is Cn1ccccc1=NC(=Nc1ccccc1)C1COCCS1. The van der Waals surface area contributed by atoms with E-state index in [9.17, 15) is 0 Å². The Bertz CT molecular complexity index is 703. The maximum atomic E-state index is 5.60. The van der Waals surface area contributed by atoms with E-state index < -0.39 is 0 Å². The Balaban J connectivity index is 2.01. The minimum atomic E-state index is 0.175. The van der Waals surface area contributed by atoms with Crippen molar-refractivity contribution >= 4 is 23.3 Å². The number of hydrogen-bond acceptors (Lipinski definition) is 3. The number of aromatic nitrogens is 1. The zero-order chi connectivity index (χ0) is 15.2. The molecule has 114 valence electrons. The standard InChI is InChI=1S/C17H19N3OS/c1-20-10-6-5-9-16(20)19-17(15-13-21-11-12-22-15)18-14-7-3-2-4-8-14/h2-10,15H,11-13H2,1H3. The molecule has 1 aromatic carbocycles. The first-order chi connectivity index (χ1) is 10.8. The highest BCUT2D eigenvalue weighted by Gasteiger charge is 2.20. The van der Waals surface area contributed by atoms with E-state index in [1.807, 2.05) is 78.1 Å². The molecule has 1 aromatic heterocycles. The van der Waals surface area contributed by atoms with E-state index in [1.165, 1.54) is 0 Å². The second-order valence-electron chi connectivity index (χ2n) is 5.02. The van der Waals surface area contributed by atoms with E-state index in [4.69, 9.17) is 14.7 Å². The van der Waals surface area contributed by atoms with Crippen molar-refractivity contribution in [3.8, 4) is 0 Å². The van der Waals surface area contributed by atoms with Crippen molar-refractivity contribution in [2.24, 2.45) is 17.0 Å². The van der Waals surface area contributed by atoms with E-state index in [0.717, 1.165) is 29.4 Å². The van der Waals surface area contributed by atoms with Crippen LogP contribution in [0.1, 0.15) is 0 Å². The van der Waals surface area contributed by atoms with Gasteiger partial charge in [-0.05, 0) is 24.3 Å². The lowest BCUT2D eigenvalue weighted by Crippen LogP contribution is -2.30. The first-order valence-electron chi connectivity index (χ1n) is 7.32. The zero-order valence-corrected chi connectivity index (χ0v) is 13.4. The summed E-state index contributed by atoms with van der Waals surface area (Å²) >= 11 is 1.86. The number of rotatable bonds is 2. The highest BCUT2D eigenvalue weighted by molar-refractivity contribution is 8.00. The number of pyridine rings is 1. The third kappa shape index (κ3) is 3.87. The molecule has 0 aliphatic carbocycles. The summed E-state index contributed by atoms with van der Waals surface area (Å²) in [6.07, 6.45) is 1.99. The fraction of sp³-hybridized carbons (Fsp3) is 0.294. The molecule has 1 aliphatic heterocycles. The summed E-state index contributed by atoms with van der Waals surface area (Å²) in [5, 5.41) is 0.175. The molecular weight excluding hydrogens is 294 g/mol. The number of amidine groups is 1. The lowest BCUT2D eigenvalue weighted by atomic mass is 10.3. The normalized spacial score (nSPS) is 20.1. The second-order valence-corrected chi connectivity index (χ2v) is 6.33. The lowest BCUT2D eigenvalue weighted by molar-refractivity contribution is 0.153. The third-order valence-electron chi connectivity index (χ3n) is 3.36. The highest BCUT2D eigenvalue weighted by Crippen LogP contribution is 2.21.